The van der Waals surface area contributed by atoms with Crippen LogP contribution in [0.2, 0.25) is 0 Å². The van der Waals surface area contributed by atoms with Crippen LogP contribution < -0.4 is 10.5 Å². The minimum atomic E-state index is -4.77. The Morgan fingerprint density at radius 3 is 2.60 bits per heavy atom. The lowest BCUT2D eigenvalue weighted by Crippen LogP contribution is -2.19. The first-order chi connectivity index (χ1) is 6.85. The SMILES string of the molecule is Cc1c(CBr)cnc(OC(F)(F)F)c1N. The highest BCUT2D eigenvalue weighted by Gasteiger charge is 2.33. The molecule has 7 heteroatoms. The van der Waals surface area contributed by atoms with E-state index in [4.69, 9.17) is 5.73 Å². The number of pyridine rings is 1. The Balaban J connectivity index is 3.07. The van der Waals surface area contributed by atoms with Crippen molar-refractivity contribution in [3.8, 4) is 5.88 Å². The Morgan fingerprint density at radius 1 is 1.53 bits per heavy atom. The molecule has 0 atom stereocenters. The molecule has 0 saturated carbocycles. The third-order valence-corrected chi connectivity index (χ3v) is 2.41. The van der Waals surface area contributed by atoms with E-state index in [2.05, 4.69) is 25.7 Å². The maximum atomic E-state index is 11.9. The molecule has 1 aromatic rings. The van der Waals surface area contributed by atoms with Crippen LogP contribution in [0.4, 0.5) is 18.9 Å². The molecule has 1 rings (SSSR count). The van der Waals surface area contributed by atoms with Gasteiger partial charge in [0.2, 0.25) is 5.88 Å². The lowest BCUT2D eigenvalue weighted by Gasteiger charge is -2.12. The van der Waals surface area contributed by atoms with Crippen LogP contribution in [0.25, 0.3) is 0 Å². The number of alkyl halides is 4. The van der Waals surface area contributed by atoms with Crippen LogP contribution in [0.15, 0.2) is 6.20 Å². The van der Waals surface area contributed by atoms with Gasteiger partial charge in [-0.05, 0) is 18.1 Å². The summed E-state index contributed by atoms with van der Waals surface area (Å²) >= 11 is 3.17. The van der Waals surface area contributed by atoms with E-state index in [1.807, 2.05) is 0 Å². The van der Waals surface area contributed by atoms with Crippen LogP contribution >= 0.6 is 15.9 Å². The minimum absolute atomic E-state index is 0.0933. The van der Waals surface area contributed by atoms with Crippen molar-refractivity contribution in [3.05, 3.63) is 17.3 Å². The van der Waals surface area contributed by atoms with Crippen LogP contribution in [0, 0.1) is 6.92 Å². The van der Waals surface area contributed by atoms with Gasteiger partial charge in [-0.25, -0.2) is 4.98 Å². The Bertz CT molecular complexity index is 368. The number of anilines is 1. The highest BCUT2D eigenvalue weighted by atomic mass is 79.9. The van der Waals surface area contributed by atoms with E-state index in [9.17, 15) is 13.2 Å². The summed E-state index contributed by atoms with van der Waals surface area (Å²) in [5.74, 6) is -0.607. The number of aromatic nitrogens is 1. The van der Waals surface area contributed by atoms with Crippen LogP contribution in [0.1, 0.15) is 11.1 Å². The minimum Gasteiger partial charge on any atom is -0.394 e. The van der Waals surface area contributed by atoms with Crippen molar-refractivity contribution in [2.45, 2.75) is 18.6 Å². The van der Waals surface area contributed by atoms with Gasteiger partial charge in [0, 0.05) is 11.5 Å². The van der Waals surface area contributed by atoms with Gasteiger partial charge in [-0.3, -0.25) is 0 Å². The molecule has 0 bridgehead atoms. The molecule has 15 heavy (non-hydrogen) atoms. The molecule has 0 saturated heterocycles. The van der Waals surface area contributed by atoms with Gasteiger partial charge in [0.25, 0.3) is 0 Å². The van der Waals surface area contributed by atoms with Crippen molar-refractivity contribution >= 4 is 21.6 Å². The van der Waals surface area contributed by atoms with Crippen LogP contribution in [-0.2, 0) is 5.33 Å². The molecule has 0 aliphatic heterocycles. The van der Waals surface area contributed by atoms with Crippen molar-refractivity contribution < 1.29 is 17.9 Å². The molecular weight excluding hydrogens is 277 g/mol. The maximum Gasteiger partial charge on any atom is 0.574 e. The van der Waals surface area contributed by atoms with Crippen molar-refractivity contribution in [2.24, 2.45) is 0 Å². The van der Waals surface area contributed by atoms with Crippen molar-refractivity contribution in [3.63, 3.8) is 0 Å². The van der Waals surface area contributed by atoms with E-state index >= 15 is 0 Å². The maximum absolute atomic E-state index is 11.9. The van der Waals surface area contributed by atoms with Crippen molar-refractivity contribution in [1.29, 1.82) is 0 Å². The fraction of sp³-hybridized carbons (Fsp3) is 0.375. The van der Waals surface area contributed by atoms with Gasteiger partial charge in [0.05, 0.1) is 5.69 Å². The van der Waals surface area contributed by atoms with Crippen molar-refractivity contribution in [1.82, 2.24) is 4.98 Å². The highest BCUT2D eigenvalue weighted by Crippen LogP contribution is 2.30. The first kappa shape index (κ1) is 12.1. The first-order valence-electron chi connectivity index (χ1n) is 3.91. The zero-order valence-corrected chi connectivity index (χ0v) is 9.32. The molecule has 0 radical (unpaired) electrons. The Labute approximate surface area is 92.6 Å². The van der Waals surface area contributed by atoms with E-state index in [0.29, 0.717) is 10.9 Å². The van der Waals surface area contributed by atoms with Gasteiger partial charge < -0.3 is 10.5 Å². The second-order valence-electron chi connectivity index (χ2n) is 2.81. The highest BCUT2D eigenvalue weighted by molar-refractivity contribution is 9.08. The van der Waals surface area contributed by atoms with Gasteiger partial charge in [-0.2, -0.15) is 0 Å². The van der Waals surface area contributed by atoms with Gasteiger partial charge >= 0.3 is 6.36 Å². The van der Waals surface area contributed by atoms with Gasteiger partial charge in [-0.1, -0.05) is 15.9 Å². The summed E-state index contributed by atoms with van der Waals surface area (Å²) in [7, 11) is 0. The Kier molecular flexibility index (Phi) is 3.43. The number of hydrogen-bond donors (Lipinski definition) is 1. The monoisotopic (exact) mass is 284 g/mol. The second-order valence-corrected chi connectivity index (χ2v) is 3.37. The largest absolute Gasteiger partial charge is 0.574 e. The third kappa shape index (κ3) is 2.98. The number of halogens is 4. The average molecular weight is 285 g/mol. The summed E-state index contributed by atoms with van der Waals surface area (Å²) in [6, 6.07) is 0. The molecule has 2 N–H and O–H groups in total. The number of rotatable bonds is 2. The standard InChI is InChI=1S/C8H8BrF3N2O/c1-4-5(2-9)3-14-7(6(4)13)15-8(10,11)12/h3H,2,13H2,1H3. The lowest BCUT2D eigenvalue weighted by molar-refractivity contribution is -0.275. The molecule has 0 aromatic carbocycles. The van der Waals surface area contributed by atoms with E-state index in [0.717, 1.165) is 5.56 Å². The topological polar surface area (TPSA) is 48.1 Å². The summed E-state index contributed by atoms with van der Waals surface area (Å²) in [6.07, 6.45) is -3.48. The third-order valence-electron chi connectivity index (χ3n) is 1.81. The van der Waals surface area contributed by atoms with E-state index in [-0.39, 0.29) is 5.69 Å². The predicted molar refractivity (Wildman–Crippen MR) is 52.7 cm³/mol. The molecule has 3 nitrogen and oxygen atoms in total. The smallest absolute Gasteiger partial charge is 0.394 e. The van der Waals surface area contributed by atoms with E-state index < -0.39 is 12.2 Å². The van der Waals surface area contributed by atoms with E-state index in [1.165, 1.54) is 6.20 Å². The summed E-state index contributed by atoms with van der Waals surface area (Å²) in [4.78, 5) is 3.50. The number of nitrogen functional groups attached to an aromatic ring is 1. The molecule has 0 fully saturated rings. The molecule has 84 valence electrons. The lowest BCUT2D eigenvalue weighted by atomic mass is 10.1. The fourth-order valence-corrected chi connectivity index (χ4v) is 1.53. The van der Waals surface area contributed by atoms with Gasteiger partial charge in [-0.15, -0.1) is 13.2 Å². The van der Waals surface area contributed by atoms with Crippen LogP contribution in [0.5, 0.6) is 5.88 Å². The molecule has 1 aromatic heterocycles. The van der Waals surface area contributed by atoms with Crippen molar-refractivity contribution in [2.75, 3.05) is 5.73 Å². The summed E-state index contributed by atoms with van der Waals surface area (Å²) < 4.78 is 39.4. The van der Waals surface area contributed by atoms with Crippen LogP contribution in [-0.4, -0.2) is 11.3 Å². The van der Waals surface area contributed by atoms with Gasteiger partial charge in [0.1, 0.15) is 0 Å². The zero-order chi connectivity index (χ0) is 11.6. The molecular formula is C8H8BrF3N2O. The molecule has 1 heterocycles. The molecule has 0 amide bonds. The second kappa shape index (κ2) is 4.26. The summed E-state index contributed by atoms with van der Waals surface area (Å²) in [5.41, 5.74) is 6.62. The predicted octanol–water partition coefficient (Wildman–Crippen LogP) is 2.77. The summed E-state index contributed by atoms with van der Waals surface area (Å²) in [5, 5.41) is 0.475. The Morgan fingerprint density at radius 2 is 2.13 bits per heavy atom. The Hall–Kier alpha value is -0.980. The normalized spacial score (nSPS) is 11.5. The van der Waals surface area contributed by atoms with Gasteiger partial charge in [0.15, 0.2) is 0 Å². The number of ether oxygens (including phenoxy) is 1. The molecule has 0 unspecified atom stereocenters. The van der Waals surface area contributed by atoms with Crippen LogP contribution in [0.3, 0.4) is 0 Å². The molecule has 0 spiro atoms. The summed E-state index contributed by atoms with van der Waals surface area (Å²) in [6.45, 7) is 1.61. The first-order valence-corrected chi connectivity index (χ1v) is 5.03. The zero-order valence-electron chi connectivity index (χ0n) is 7.73. The number of nitrogens with two attached hydrogens (primary N) is 1. The fourth-order valence-electron chi connectivity index (χ4n) is 0.962. The average Bonchev–Trinajstić information content (AvgIpc) is 2.11. The quantitative estimate of drug-likeness (QED) is 0.850. The molecule has 0 aliphatic rings. The number of nitrogens with zero attached hydrogens (tertiary/aromatic N) is 1. The number of hydrogen-bond acceptors (Lipinski definition) is 3. The van der Waals surface area contributed by atoms with E-state index in [1.54, 1.807) is 6.92 Å². The molecule has 0 aliphatic carbocycles.